The summed E-state index contributed by atoms with van der Waals surface area (Å²) < 4.78 is 0. The number of pyridine rings is 1. The van der Waals surface area contributed by atoms with Crippen molar-refractivity contribution in [1.29, 1.82) is 5.26 Å². The molecule has 0 N–H and O–H groups in total. The van der Waals surface area contributed by atoms with Crippen molar-refractivity contribution in [1.82, 2.24) is 4.98 Å². The average Bonchev–Trinajstić information content (AvgIpc) is 2.98. The fourth-order valence-electron chi connectivity index (χ4n) is 4.09. The summed E-state index contributed by atoms with van der Waals surface area (Å²) in [4.78, 5) is 7.29. The summed E-state index contributed by atoms with van der Waals surface area (Å²) in [6.07, 6.45) is 6.63. The number of hydrogen-bond donors (Lipinski definition) is 0. The number of benzene rings is 1. The standard InChI is InChI=1S/C18H19N3/c19-12-14-11-18(20-16-7-3-2-6-15(14)16)21-10-9-13-5-1-4-8-17(13)21/h2-3,6-7,11,13,17H,1,4-5,8-10H2. The lowest BCUT2D eigenvalue weighted by Crippen LogP contribution is -2.35. The van der Waals surface area contributed by atoms with Crippen LogP contribution in [0, 0.1) is 17.2 Å². The summed E-state index contributed by atoms with van der Waals surface area (Å²) in [5.74, 6) is 1.83. The van der Waals surface area contributed by atoms with E-state index in [1.807, 2.05) is 30.3 Å². The zero-order chi connectivity index (χ0) is 14.2. The number of hydrogen-bond acceptors (Lipinski definition) is 3. The molecule has 3 heteroatoms. The quantitative estimate of drug-likeness (QED) is 0.794. The molecule has 1 aromatic carbocycles. The first-order chi connectivity index (χ1) is 10.4. The minimum Gasteiger partial charge on any atom is -0.353 e. The minimum absolute atomic E-state index is 0.638. The molecule has 1 saturated carbocycles. The molecule has 3 nitrogen and oxygen atoms in total. The minimum atomic E-state index is 0.638. The lowest BCUT2D eigenvalue weighted by atomic mass is 9.85. The first-order valence-electron chi connectivity index (χ1n) is 7.93. The summed E-state index contributed by atoms with van der Waals surface area (Å²) in [5.41, 5.74) is 1.68. The van der Waals surface area contributed by atoms with E-state index in [1.54, 1.807) is 0 Å². The molecule has 0 amide bonds. The van der Waals surface area contributed by atoms with Gasteiger partial charge in [-0.15, -0.1) is 0 Å². The molecule has 1 saturated heterocycles. The monoisotopic (exact) mass is 277 g/mol. The van der Waals surface area contributed by atoms with Gasteiger partial charge < -0.3 is 4.90 Å². The molecule has 1 aromatic heterocycles. The first-order valence-corrected chi connectivity index (χ1v) is 7.93. The van der Waals surface area contributed by atoms with Gasteiger partial charge in [-0.1, -0.05) is 31.0 Å². The summed E-state index contributed by atoms with van der Waals surface area (Å²) in [7, 11) is 0. The second-order valence-corrected chi connectivity index (χ2v) is 6.25. The van der Waals surface area contributed by atoms with Gasteiger partial charge in [0.2, 0.25) is 0 Å². The maximum atomic E-state index is 9.44. The van der Waals surface area contributed by atoms with E-state index in [4.69, 9.17) is 4.98 Å². The highest BCUT2D eigenvalue weighted by Crippen LogP contribution is 2.38. The first kappa shape index (κ1) is 12.6. The van der Waals surface area contributed by atoms with Crippen molar-refractivity contribution in [3.63, 3.8) is 0 Å². The zero-order valence-electron chi connectivity index (χ0n) is 12.1. The summed E-state index contributed by atoms with van der Waals surface area (Å²) >= 11 is 0. The predicted octanol–water partition coefficient (Wildman–Crippen LogP) is 3.88. The van der Waals surface area contributed by atoms with E-state index in [2.05, 4.69) is 11.0 Å². The van der Waals surface area contributed by atoms with E-state index in [9.17, 15) is 5.26 Å². The molecule has 2 heterocycles. The molecule has 4 rings (SSSR count). The van der Waals surface area contributed by atoms with Crippen molar-refractivity contribution < 1.29 is 0 Å². The van der Waals surface area contributed by atoms with Crippen LogP contribution in [0.1, 0.15) is 37.7 Å². The number of nitrogens with zero attached hydrogens (tertiary/aromatic N) is 3. The number of para-hydroxylation sites is 1. The predicted molar refractivity (Wildman–Crippen MR) is 84.2 cm³/mol. The van der Waals surface area contributed by atoms with Crippen LogP contribution in [0.4, 0.5) is 5.82 Å². The van der Waals surface area contributed by atoms with Gasteiger partial charge in [-0.25, -0.2) is 4.98 Å². The van der Waals surface area contributed by atoms with Crippen LogP contribution < -0.4 is 4.90 Å². The van der Waals surface area contributed by atoms with Crippen molar-refractivity contribution in [2.75, 3.05) is 11.4 Å². The molecule has 2 atom stereocenters. The Bertz CT molecular complexity index is 716. The fraction of sp³-hybridized carbons (Fsp3) is 0.444. The Kier molecular flexibility index (Phi) is 3.03. The normalized spacial score (nSPS) is 24.8. The molecule has 0 spiro atoms. The lowest BCUT2D eigenvalue weighted by molar-refractivity contribution is 0.341. The van der Waals surface area contributed by atoms with Crippen molar-refractivity contribution in [2.45, 2.75) is 38.1 Å². The van der Waals surface area contributed by atoms with Crippen molar-refractivity contribution in [3.05, 3.63) is 35.9 Å². The number of aromatic nitrogens is 1. The Morgan fingerprint density at radius 1 is 1.14 bits per heavy atom. The van der Waals surface area contributed by atoms with Gasteiger partial charge >= 0.3 is 0 Å². The van der Waals surface area contributed by atoms with Gasteiger partial charge in [0, 0.05) is 18.0 Å². The highest BCUT2D eigenvalue weighted by molar-refractivity contribution is 5.86. The highest BCUT2D eigenvalue weighted by Gasteiger charge is 2.36. The van der Waals surface area contributed by atoms with Crippen LogP contribution in [0.3, 0.4) is 0 Å². The Hall–Kier alpha value is -2.08. The second kappa shape index (κ2) is 5.04. The van der Waals surface area contributed by atoms with E-state index in [1.165, 1.54) is 32.1 Å². The second-order valence-electron chi connectivity index (χ2n) is 6.25. The average molecular weight is 277 g/mol. The molecule has 21 heavy (non-hydrogen) atoms. The van der Waals surface area contributed by atoms with E-state index in [0.717, 1.165) is 34.7 Å². The smallest absolute Gasteiger partial charge is 0.130 e. The number of fused-ring (bicyclic) bond motifs is 2. The third kappa shape index (κ3) is 2.06. The van der Waals surface area contributed by atoms with Crippen molar-refractivity contribution >= 4 is 16.7 Å². The Morgan fingerprint density at radius 3 is 2.90 bits per heavy atom. The van der Waals surface area contributed by atoms with Crippen molar-refractivity contribution in [3.8, 4) is 6.07 Å². The van der Waals surface area contributed by atoms with E-state index in [-0.39, 0.29) is 0 Å². The van der Waals surface area contributed by atoms with Crippen molar-refractivity contribution in [2.24, 2.45) is 5.92 Å². The molecular formula is C18H19N3. The van der Waals surface area contributed by atoms with Gasteiger partial charge in [-0.3, -0.25) is 0 Å². The fourth-order valence-corrected chi connectivity index (χ4v) is 4.09. The van der Waals surface area contributed by atoms with Gasteiger partial charge in [-0.2, -0.15) is 5.26 Å². The van der Waals surface area contributed by atoms with Crippen LogP contribution in [-0.4, -0.2) is 17.6 Å². The van der Waals surface area contributed by atoms with Crippen LogP contribution >= 0.6 is 0 Å². The molecule has 1 aliphatic carbocycles. The molecule has 0 bridgehead atoms. The molecule has 1 aliphatic heterocycles. The van der Waals surface area contributed by atoms with Crippen LogP contribution in [0.25, 0.3) is 10.9 Å². The topological polar surface area (TPSA) is 39.9 Å². The maximum absolute atomic E-state index is 9.44. The number of nitriles is 1. The third-order valence-corrected chi connectivity index (χ3v) is 5.13. The lowest BCUT2D eigenvalue weighted by Gasteiger charge is -2.32. The Labute approximate surface area is 125 Å². The number of anilines is 1. The van der Waals surface area contributed by atoms with Gasteiger partial charge in [0.25, 0.3) is 0 Å². The largest absolute Gasteiger partial charge is 0.353 e. The van der Waals surface area contributed by atoms with Gasteiger partial charge in [0.1, 0.15) is 5.82 Å². The molecule has 0 radical (unpaired) electrons. The Morgan fingerprint density at radius 2 is 2.00 bits per heavy atom. The summed E-state index contributed by atoms with van der Waals surface area (Å²) in [6, 6.07) is 12.9. The van der Waals surface area contributed by atoms with Crippen LogP contribution in [0.2, 0.25) is 0 Å². The van der Waals surface area contributed by atoms with Crippen LogP contribution in [-0.2, 0) is 0 Å². The molecule has 2 aromatic rings. The summed E-state index contributed by atoms with van der Waals surface area (Å²) in [5, 5.41) is 10.4. The van der Waals surface area contributed by atoms with Crippen LogP contribution in [0.15, 0.2) is 30.3 Å². The summed E-state index contributed by atoms with van der Waals surface area (Å²) in [6.45, 7) is 1.09. The van der Waals surface area contributed by atoms with E-state index in [0.29, 0.717) is 6.04 Å². The molecule has 106 valence electrons. The van der Waals surface area contributed by atoms with Gasteiger partial charge in [0.15, 0.2) is 0 Å². The SMILES string of the molecule is N#Cc1cc(N2CCC3CCCCC32)nc2ccccc12. The highest BCUT2D eigenvalue weighted by atomic mass is 15.2. The molecule has 2 unspecified atom stereocenters. The zero-order valence-corrected chi connectivity index (χ0v) is 12.1. The molecular weight excluding hydrogens is 258 g/mol. The third-order valence-electron chi connectivity index (χ3n) is 5.13. The number of rotatable bonds is 1. The molecule has 2 aliphatic rings. The van der Waals surface area contributed by atoms with Gasteiger partial charge in [-0.05, 0) is 37.3 Å². The maximum Gasteiger partial charge on any atom is 0.130 e. The van der Waals surface area contributed by atoms with E-state index >= 15 is 0 Å². The van der Waals surface area contributed by atoms with E-state index < -0.39 is 0 Å². The molecule has 2 fully saturated rings. The van der Waals surface area contributed by atoms with Gasteiger partial charge in [0.05, 0.1) is 17.1 Å². The Balaban J connectivity index is 1.78. The van der Waals surface area contributed by atoms with Crippen LogP contribution in [0.5, 0.6) is 0 Å².